The molecule has 0 unspecified atom stereocenters. The highest BCUT2D eigenvalue weighted by Crippen LogP contribution is 2.29. The van der Waals surface area contributed by atoms with Crippen LogP contribution < -0.4 is 20.1 Å². The van der Waals surface area contributed by atoms with Crippen LogP contribution in [0.4, 0.5) is 4.79 Å². The normalized spacial score (nSPS) is 11.6. The molecule has 0 saturated heterocycles. The van der Waals surface area contributed by atoms with Gasteiger partial charge in [-0.05, 0) is 31.5 Å². The number of carbonyl (C=O) groups excluding carboxylic acids is 1. The zero-order chi connectivity index (χ0) is 15.0. The Morgan fingerprint density at radius 3 is 2.65 bits per heavy atom. The molecule has 0 spiro atoms. The number of hydrogen-bond acceptors (Lipinski definition) is 3. The number of amides is 2. The van der Waals surface area contributed by atoms with Crippen molar-refractivity contribution in [3.05, 3.63) is 23.8 Å². The molecular formula is C15H24N2O3. The Morgan fingerprint density at radius 2 is 2.05 bits per heavy atom. The first-order valence-corrected chi connectivity index (χ1v) is 6.88. The second kappa shape index (κ2) is 8.30. The van der Waals surface area contributed by atoms with Crippen LogP contribution in [0.15, 0.2) is 18.2 Å². The van der Waals surface area contributed by atoms with Gasteiger partial charge >= 0.3 is 6.03 Å². The van der Waals surface area contributed by atoms with E-state index in [1.807, 2.05) is 25.1 Å². The fourth-order valence-electron chi connectivity index (χ4n) is 1.88. The van der Waals surface area contributed by atoms with E-state index in [-0.39, 0.29) is 12.1 Å². The number of methoxy groups -OCH3 is 2. The molecule has 0 radical (unpaired) electrons. The molecule has 20 heavy (non-hydrogen) atoms. The van der Waals surface area contributed by atoms with Gasteiger partial charge in [-0.25, -0.2) is 4.79 Å². The largest absolute Gasteiger partial charge is 0.497 e. The lowest BCUT2D eigenvalue weighted by Gasteiger charge is -2.18. The summed E-state index contributed by atoms with van der Waals surface area (Å²) in [6.07, 6.45) is 2.03. The Balaban J connectivity index is 2.70. The first-order valence-electron chi connectivity index (χ1n) is 6.88. The predicted octanol–water partition coefficient (Wildman–Crippen LogP) is 2.86. The van der Waals surface area contributed by atoms with Crippen LogP contribution in [0.2, 0.25) is 0 Å². The van der Waals surface area contributed by atoms with Gasteiger partial charge in [0.2, 0.25) is 0 Å². The number of nitrogens with one attached hydrogen (secondary N) is 2. The molecule has 1 atom stereocenters. The van der Waals surface area contributed by atoms with Crippen molar-refractivity contribution in [1.82, 2.24) is 10.6 Å². The van der Waals surface area contributed by atoms with Gasteiger partial charge in [-0.15, -0.1) is 0 Å². The van der Waals surface area contributed by atoms with E-state index in [2.05, 4.69) is 17.6 Å². The minimum atomic E-state index is -0.171. The fourth-order valence-corrected chi connectivity index (χ4v) is 1.88. The molecule has 1 aromatic rings. The Labute approximate surface area is 120 Å². The van der Waals surface area contributed by atoms with Crippen molar-refractivity contribution >= 4 is 6.03 Å². The van der Waals surface area contributed by atoms with Crippen LogP contribution in [0.3, 0.4) is 0 Å². The molecular weight excluding hydrogens is 256 g/mol. The Morgan fingerprint density at radius 1 is 1.30 bits per heavy atom. The van der Waals surface area contributed by atoms with Gasteiger partial charge in [-0.3, -0.25) is 0 Å². The summed E-state index contributed by atoms with van der Waals surface area (Å²) >= 11 is 0. The predicted molar refractivity (Wildman–Crippen MR) is 79.4 cm³/mol. The molecule has 0 aliphatic rings. The topological polar surface area (TPSA) is 59.6 Å². The SMILES string of the molecule is CCCCNC(=O)N[C@@H](C)c1cc(OC)ccc1OC. The van der Waals surface area contributed by atoms with Gasteiger partial charge in [0, 0.05) is 12.1 Å². The highest BCUT2D eigenvalue weighted by atomic mass is 16.5. The van der Waals surface area contributed by atoms with Crippen molar-refractivity contribution < 1.29 is 14.3 Å². The van der Waals surface area contributed by atoms with E-state index in [4.69, 9.17) is 9.47 Å². The van der Waals surface area contributed by atoms with Crippen LogP contribution in [-0.2, 0) is 0 Å². The highest BCUT2D eigenvalue weighted by Gasteiger charge is 2.14. The van der Waals surface area contributed by atoms with E-state index in [1.165, 1.54) is 0 Å². The van der Waals surface area contributed by atoms with E-state index in [0.29, 0.717) is 6.54 Å². The number of ether oxygens (including phenoxy) is 2. The second-order valence-corrected chi connectivity index (χ2v) is 4.58. The third kappa shape index (κ3) is 4.64. The second-order valence-electron chi connectivity index (χ2n) is 4.58. The maximum atomic E-state index is 11.8. The van der Waals surface area contributed by atoms with Gasteiger partial charge in [-0.1, -0.05) is 13.3 Å². The lowest BCUT2D eigenvalue weighted by atomic mass is 10.1. The molecule has 5 nitrogen and oxygen atoms in total. The molecule has 0 aliphatic heterocycles. The zero-order valence-corrected chi connectivity index (χ0v) is 12.7. The number of urea groups is 1. The number of hydrogen-bond donors (Lipinski definition) is 2. The van der Waals surface area contributed by atoms with Crippen LogP contribution in [0.1, 0.15) is 38.3 Å². The van der Waals surface area contributed by atoms with Crippen LogP contribution in [-0.4, -0.2) is 26.8 Å². The summed E-state index contributed by atoms with van der Waals surface area (Å²) in [6, 6.07) is 5.20. The van der Waals surface area contributed by atoms with Crippen LogP contribution in [0.25, 0.3) is 0 Å². The fraction of sp³-hybridized carbons (Fsp3) is 0.533. The number of carbonyl (C=O) groups is 1. The van der Waals surface area contributed by atoms with E-state index < -0.39 is 0 Å². The summed E-state index contributed by atoms with van der Waals surface area (Å²) in [4.78, 5) is 11.8. The Kier molecular flexibility index (Phi) is 6.70. The number of rotatable bonds is 7. The zero-order valence-electron chi connectivity index (χ0n) is 12.7. The van der Waals surface area contributed by atoms with E-state index >= 15 is 0 Å². The third-order valence-electron chi connectivity index (χ3n) is 3.07. The quantitative estimate of drug-likeness (QED) is 0.755. The maximum absolute atomic E-state index is 11.8. The Bertz CT molecular complexity index is 435. The standard InChI is InChI=1S/C15H24N2O3/c1-5-6-9-16-15(18)17-11(2)13-10-12(19-3)7-8-14(13)20-4/h7-8,10-11H,5-6,9H2,1-4H3,(H2,16,17,18)/t11-/m0/s1. The number of unbranched alkanes of at least 4 members (excludes halogenated alkanes) is 1. The van der Waals surface area contributed by atoms with Gasteiger partial charge in [0.05, 0.1) is 20.3 Å². The summed E-state index contributed by atoms with van der Waals surface area (Å²) in [5, 5.41) is 5.72. The van der Waals surface area contributed by atoms with Crippen LogP contribution >= 0.6 is 0 Å². The monoisotopic (exact) mass is 280 g/mol. The first-order chi connectivity index (χ1) is 9.62. The summed E-state index contributed by atoms with van der Waals surface area (Å²) in [6.45, 7) is 4.68. The minimum Gasteiger partial charge on any atom is -0.497 e. The van der Waals surface area contributed by atoms with Gasteiger partial charge < -0.3 is 20.1 Å². The van der Waals surface area contributed by atoms with Crippen LogP contribution in [0, 0.1) is 0 Å². The third-order valence-corrected chi connectivity index (χ3v) is 3.07. The smallest absolute Gasteiger partial charge is 0.315 e. The maximum Gasteiger partial charge on any atom is 0.315 e. The van der Waals surface area contributed by atoms with Crippen molar-refractivity contribution in [2.75, 3.05) is 20.8 Å². The van der Waals surface area contributed by atoms with E-state index in [1.54, 1.807) is 14.2 Å². The first kappa shape index (κ1) is 16.1. The summed E-state index contributed by atoms with van der Waals surface area (Å²) < 4.78 is 10.5. The van der Waals surface area contributed by atoms with Gasteiger partial charge in [0.15, 0.2) is 0 Å². The van der Waals surface area contributed by atoms with Crippen molar-refractivity contribution in [3.63, 3.8) is 0 Å². The molecule has 5 heteroatoms. The molecule has 0 bridgehead atoms. The lowest BCUT2D eigenvalue weighted by Crippen LogP contribution is -2.37. The molecule has 2 N–H and O–H groups in total. The molecule has 0 aromatic heterocycles. The molecule has 0 heterocycles. The van der Waals surface area contributed by atoms with Crippen molar-refractivity contribution in [3.8, 4) is 11.5 Å². The molecule has 0 fully saturated rings. The van der Waals surface area contributed by atoms with Crippen molar-refractivity contribution in [2.45, 2.75) is 32.7 Å². The summed E-state index contributed by atoms with van der Waals surface area (Å²) in [7, 11) is 3.22. The average molecular weight is 280 g/mol. The number of benzene rings is 1. The summed E-state index contributed by atoms with van der Waals surface area (Å²) in [5.74, 6) is 1.47. The van der Waals surface area contributed by atoms with Gasteiger partial charge in [0.25, 0.3) is 0 Å². The van der Waals surface area contributed by atoms with Crippen LogP contribution in [0.5, 0.6) is 11.5 Å². The average Bonchev–Trinajstić information content (AvgIpc) is 2.46. The van der Waals surface area contributed by atoms with Gasteiger partial charge in [-0.2, -0.15) is 0 Å². The molecule has 0 saturated carbocycles. The molecule has 0 aliphatic carbocycles. The molecule has 1 aromatic carbocycles. The van der Waals surface area contributed by atoms with Crippen molar-refractivity contribution in [1.29, 1.82) is 0 Å². The molecule has 2 amide bonds. The molecule has 112 valence electrons. The minimum absolute atomic E-state index is 0.165. The lowest BCUT2D eigenvalue weighted by molar-refractivity contribution is 0.237. The Hall–Kier alpha value is -1.91. The van der Waals surface area contributed by atoms with Crippen molar-refractivity contribution in [2.24, 2.45) is 0 Å². The highest BCUT2D eigenvalue weighted by molar-refractivity contribution is 5.74. The van der Waals surface area contributed by atoms with Gasteiger partial charge in [0.1, 0.15) is 11.5 Å². The molecule has 1 rings (SSSR count). The summed E-state index contributed by atoms with van der Waals surface area (Å²) in [5.41, 5.74) is 0.887. The van der Waals surface area contributed by atoms with E-state index in [0.717, 1.165) is 29.9 Å². The van der Waals surface area contributed by atoms with E-state index in [9.17, 15) is 4.79 Å².